The molecule has 0 aliphatic carbocycles. The quantitative estimate of drug-likeness (QED) is 0.236. The zero-order valence-corrected chi connectivity index (χ0v) is 19.5. The van der Waals surface area contributed by atoms with Crippen molar-refractivity contribution in [2.24, 2.45) is 0 Å². The molecule has 0 spiro atoms. The molecule has 2 rings (SSSR count). The van der Waals surface area contributed by atoms with Crippen LogP contribution >= 0.6 is 0 Å². The minimum atomic E-state index is -0.290. The van der Waals surface area contributed by atoms with Crippen LogP contribution in [0, 0.1) is 0 Å². The Hall–Kier alpha value is -3.01. The summed E-state index contributed by atoms with van der Waals surface area (Å²) in [6, 6.07) is 11.4. The van der Waals surface area contributed by atoms with Crippen LogP contribution in [0.15, 0.2) is 55.1 Å². The van der Waals surface area contributed by atoms with Crippen LogP contribution in [-0.2, 0) is 5.41 Å². The highest BCUT2D eigenvalue weighted by Crippen LogP contribution is 2.38. The van der Waals surface area contributed by atoms with Crippen LogP contribution in [0.3, 0.4) is 0 Å². The number of nitrogens with one attached hydrogen (secondary N) is 1. The van der Waals surface area contributed by atoms with Gasteiger partial charge in [-0.25, -0.2) is 0 Å². The van der Waals surface area contributed by atoms with Gasteiger partial charge in [-0.3, -0.25) is 4.79 Å². The van der Waals surface area contributed by atoms with Crippen molar-refractivity contribution < 1.29 is 14.3 Å². The Morgan fingerprint density at radius 2 is 1.65 bits per heavy atom. The lowest BCUT2D eigenvalue weighted by Gasteiger charge is -2.25. The van der Waals surface area contributed by atoms with Gasteiger partial charge in [-0.05, 0) is 55.3 Å². The van der Waals surface area contributed by atoms with E-state index in [1.165, 1.54) is 0 Å². The van der Waals surface area contributed by atoms with Gasteiger partial charge in [-0.2, -0.15) is 0 Å². The van der Waals surface area contributed by atoms with E-state index in [9.17, 15) is 4.79 Å². The molecule has 0 radical (unpaired) electrons. The largest absolute Gasteiger partial charge is 0.493 e. The average molecular weight is 422 g/mol. The number of benzene rings is 2. The zero-order valence-electron chi connectivity index (χ0n) is 19.5. The van der Waals surface area contributed by atoms with E-state index < -0.39 is 0 Å². The SMILES string of the molecule is C=CC(C)(C)c1cc(C=CC(=O)c2ccc(NC)cc2)c(OCCC)cc1OCCC. The number of anilines is 1. The molecule has 0 fully saturated rings. The Balaban J connectivity index is 2.46. The van der Waals surface area contributed by atoms with Gasteiger partial charge in [0.15, 0.2) is 5.78 Å². The van der Waals surface area contributed by atoms with Crippen LogP contribution in [0.25, 0.3) is 6.08 Å². The maximum Gasteiger partial charge on any atom is 0.185 e. The Morgan fingerprint density at radius 1 is 1.03 bits per heavy atom. The fraction of sp³-hybridized carbons (Fsp3) is 0.370. The fourth-order valence-electron chi connectivity index (χ4n) is 3.05. The molecule has 0 saturated heterocycles. The van der Waals surface area contributed by atoms with Crippen LogP contribution in [0.2, 0.25) is 0 Å². The zero-order chi connectivity index (χ0) is 22.9. The Labute approximate surface area is 187 Å². The van der Waals surface area contributed by atoms with E-state index in [0.29, 0.717) is 24.5 Å². The number of allylic oxidation sites excluding steroid dienone is 2. The van der Waals surface area contributed by atoms with Gasteiger partial charge in [0.1, 0.15) is 11.5 Å². The van der Waals surface area contributed by atoms with Crippen LogP contribution in [0.4, 0.5) is 5.69 Å². The molecule has 1 N–H and O–H groups in total. The summed E-state index contributed by atoms with van der Waals surface area (Å²) in [5, 5.41) is 3.06. The minimum Gasteiger partial charge on any atom is -0.493 e. The van der Waals surface area contributed by atoms with Gasteiger partial charge in [-0.15, -0.1) is 6.58 Å². The first-order chi connectivity index (χ1) is 14.9. The van der Waals surface area contributed by atoms with E-state index in [1.54, 1.807) is 6.08 Å². The maximum atomic E-state index is 12.7. The first kappa shape index (κ1) is 24.3. The van der Waals surface area contributed by atoms with Crippen molar-refractivity contribution in [1.29, 1.82) is 0 Å². The first-order valence-corrected chi connectivity index (χ1v) is 10.9. The summed E-state index contributed by atoms with van der Waals surface area (Å²) in [4.78, 5) is 12.7. The third kappa shape index (κ3) is 6.48. The van der Waals surface area contributed by atoms with Crippen molar-refractivity contribution in [2.75, 3.05) is 25.6 Å². The molecule has 0 heterocycles. The molecule has 2 aromatic carbocycles. The molecule has 31 heavy (non-hydrogen) atoms. The lowest BCUT2D eigenvalue weighted by atomic mass is 9.83. The topological polar surface area (TPSA) is 47.6 Å². The van der Waals surface area contributed by atoms with E-state index in [4.69, 9.17) is 9.47 Å². The third-order valence-electron chi connectivity index (χ3n) is 5.11. The highest BCUT2D eigenvalue weighted by molar-refractivity contribution is 6.07. The number of hydrogen-bond acceptors (Lipinski definition) is 4. The summed E-state index contributed by atoms with van der Waals surface area (Å²) >= 11 is 0. The predicted molar refractivity (Wildman–Crippen MR) is 131 cm³/mol. The summed E-state index contributed by atoms with van der Waals surface area (Å²) in [6.45, 7) is 13.6. The van der Waals surface area contributed by atoms with Gasteiger partial charge in [0.05, 0.1) is 13.2 Å². The van der Waals surface area contributed by atoms with Gasteiger partial charge >= 0.3 is 0 Å². The summed E-state index contributed by atoms with van der Waals surface area (Å²) in [5.41, 5.74) is 3.19. The fourth-order valence-corrected chi connectivity index (χ4v) is 3.05. The molecular formula is C27H35NO3. The molecule has 0 saturated carbocycles. The second kappa shape index (κ2) is 11.4. The van der Waals surface area contributed by atoms with Crippen LogP contribution in [0.1, 0.15) is 62.0 Å². The van der Waals surface area contributed by atoms with Crippen LogP contribution in [0.5, 0.6) is 11.5 Å². The predicted octanol–water partition coefficient (Wildman–Crippen LogP) is 6.67. The molecule has 0 aliphatic heterocycles. The van der Waals surface area contributed by atoms with Gasteiger partial charge in [-0.1, -0.05) is 33.8 Å². The van der Waals surface area contributed by atoms with Crippen molar-refractivity contribution in [1.82, 2.24) is 0 Å². The molecule has 4 nitrogen and oxygen atoms in total. The summed E-state index contributed by atoms with van der Waals surface area (Å²) < 4.78 is 12.0. The lowest BCUT2D eigenvalue weighted by molar-refractivity contribution is 0.104. The average Bonchev–Trinajstić information content (AvgIpc) is 2.79. The second-order valence-corrected chi connectivity index (χ2v) is 8.03. The maximum absolute atomic E-state index is 12.7. The molecule has 0 bridgehead atoms. The molecule has 2 aromatic rings. The van der Waals surface area contributed by atoms with Gasteiger partial charge in [0, 0.05) is 40.9 Å². The molecule has 0 atom stereocenters. The van der Waals surface area contributed by atoms with Crippen LogP contribution < -0.4 is 14.8 Å². The summed E-state index contributed by atoms with van der Waals surface area (Å²) in [5.74, 6) is 1.45. The normalized spacial score (nSPS) is 11.4. The van der Waals surface area contributed by atoms with E-state index in [-0.39, 0.29) is 11.2 Å². The molecule has 0 unspecified atom stereocenters. The molecule has 166 valence electrons. The highest BCUT2D eigenvalue weighted by atomic mass is 16.5. The van der Waals surface area contributed by atoms with E-state index in [0.717, 1.165) is 35.4 Å². The lowest BCUT2D eigenvalue weighted by Crippen LogP contribution is -2.16. The molecule has 0 aromatic heterocycles. The Bertz CT molecular complexity index is 911. The molecule has 0 aliphatic rings. The van der Waals surface area contributed by atoms with Gasteiger partial charge in [0.25, 0.3) is 0 Å². The highest BCUT2D eigenvalue weighted by Gasteiger charge is 2.23. The monoisotopic (exact) mass is 421 g/mol. The van der Waals surface area contributed by atoms with Gasteiger partial charge < -0.3 is 14.8 Å². The van der Waals surface area contributed by atoms with Crippen molar-refractivity contribution in [3.8, 4) is 11.5 Å². The van der Waals surface area contributed by atoms with E-state index in [2.05, 4.69) is 39.6 Å². The van der Waals surface area contributed by atoms with E-state index >= 15 is 0 Å². The summed E-state index contributed by atoms with van der Waals surface area (Å²) in [6.07, 6.45) is 7.15. The van der Waals surface area contributed by atoms with Crippen molar-refractivity contribution in [2.45, 2.75) is 46.0 Å². The van der Waals surface area contributed by atoms with Crippen molar-refractivity contribution in [3.63, 3.8) is 0 Å². The summed E-state index contributed by atoms with van der Waals surface area (Å²) in [7, 11) is 1.85. The van der Waals surface area contributed by atoms with E-state index in [1.807, 2.05) is 55.6 Å². The number of rotatable bonds is 12. The second-order valence-electron chi connectivity index (χ2n) is 8.03. The molecule has 4 heteroatoms. The number of ketones is 1. The third-order valence-corrected chi connectivity index (χ3v) is 5.11. The van der Waals surface area contributed by atoms with Crippen LogP contribution in [-0.4, -0.2) is 26.0 Å². The van der Waals surface area contributed by atoms with Gasteiger partial charge in [0.2, 0.25) is 0 Å². The molecule has 0 amide bonds. The number of ether oxygens (including phenoxy) is 2. The van der Waals surface area contributed by atoms with Crippen molar-refractivity contribution in [3.05, 3.63) is 71.8 Å². The Kier molecular flexibility index (Phi) is 8.92. The minimum absolute atomic E-state index is 0.0556. The molecular weight excluding hydrogens is 386 g/mol. The first-order valence-electron chi connectivity index (χ1n) is 10.9. The van der Waals surface area contributed by atoms with Crippen molar-refractivity contribution >= 4 is 17.5 Å². The number of hydrogen-bond donors (Lipinski definition) is 1. The number of carbonyl (C=O) groups is 1. The Morgan fingerprint density at radius 3 is 2.19 bits per heavy atom. The smallest absolute Gasteiger partial charge is 0.185 e. The standard InChI is InChI=1S/C27H35NO3/c1-7-16-30-25-19-26(31-17-8-2)23(27(4,5)9-3)18-21(25)12-15-24(29)20-10-13-22(28-6)14-11-20/h9-15,18-19,28H,3,7-8,16-17H2,1-2,4-6H3. The number of carbonyl (C=O) groups excluding carboxylic acids is 1.